The van der Waals surface area contributed by atoms with E-state index in [1.807, 2.05) is 0 Å². The maximum Gasteiger partial charge on any atom is 0.373 e. The molecule has 1 N–H and O–H groups in total. The summed E-state index contributed by atoms with van der Waals surface area (Å²) in [6, 6.07) is 0. The monoisotopic (exact) mass is 143 g/mol. The fraction of sp³-hybridized carbons (Fsp3) is 0.857. The third-order valence-electron chi connectivity index (χ3n) is 1.54. The summed E-state index contributed by atoms with van der Waals surface area (Å²) in [5.74, 6) is 0.925. The number of rotatable bonds is 0. The highest BCUT2D eigenvalue weighted by molar-refractivity contribution is 5.20. The molecule has 0 aromatic rings. The molecule has 0 amide bonds. The van der Waals surface area contributed by atoms with Gasteiger partial charge in [0, 0.05) is 0 Å². The summed E-state index contributed by atoms with van der Waals surface area (Å²) in [4.78, 5) is 16.2. The van der Waals surface area contributed by atoms with Gasteiger partial charge in [-0.2, -0.15) is 9.59 Å². The van der Waals surface area contributed by atoms with Crippen LogP contribution < -0.4 is 5.32 Å². The minimum atomic E-state index is 0.250. The summed E-state index contributed by atoms with van der Waals surface area (Å²) >= 11 is 0. The third kappa shape index (κ3) is 5.48. The molecule has 1 rings (SSSR count). The van der Waals surface area contributed by atoms with Crippen molar-refractivity contribution in [1.82, 2.24) is 5.32 Å². The Morgan fingerprint density at radius 2 is 2.10 bits per heavy atom. The van der Waals surface area contributed by atoms with Crippen LogP contribution in [0.1, 0.15) is 19.8 Å². The van der Waals surface area contributed by atoms with Gasteiger partial charge in [0.15, 0.2) is 0 Å². The van der Waals surface area contributed by atoms with E-state index in [1.54, 1.807) is 0 Å². The second-order valence-electron chi connectivity index (χ2n) is 2.53. The zero-order valence-electron chi connectivity index (χ0n) is 6.22. The first-order valence-electron chi connectivity index (χ1n) is 3.51. The average Bonchev–Trinajstić information content (AvgIpc) is 1.91. The lowest BCUT2D eigenvalue weighted by atomic mass is 10.0. The molecule has 1 saturated heterocycles. The Morgan fingerprint density at radius 1 is 1.50 bits per heavy atom. The van der Waals surface area contributed by atoms with Gasteiger partial charge in [0.05, 0.1) is 0 Å². The number of hydrogen-bond donors (Lipinski definition) is 1. The summed E-state index contributed by atoms with van der Waals surface area (Å²) in [6.45, 7) is 4.77. The molecular weight excluding hydrogens is 130 g/mol. The molecule has 0 radical (unpaired) electrons. The van der Waals surface area contributed by atoms with Crippen LogP contribution in [0.2, 0.25) is 0 Å². The molecule has 0 saturated carbocycles. The van der Waals surface area contributed by atoms with Crippen LogP contribution in [0, 0.1) is 5.92 Å². The van der Waals surface area contributed by atoms with Crippen molar-refractivity contribution in [2.45, 2.75) is 19.8 Å². The Morgan fingerprint density at radius 3 is 2.30 bits per heavy atom. The van der Waals surface area contributed by atoms with Gasteiger partial charge < -0.3 is 5.32 Å². The average molecular weight is 143 g/mol. The lowest BCUT2D eigenvalue weighted by Gasteiger charge is -2.17. The van der Waals surface area contributed by atoms with E-state index >= 15 is 0 Å². The van der Waals surface area contributed by atoms with Gasteiger partial charge in [-0.05, 0) is 31.8 Å². The van der Waals surface area contributed by atoms with Crippen LogP contribution in [0.3, 0.4) is 0 Å². The highest BCUT2D eigenvalue weighted by Gasteiger charge is 2.04. The molecule has 3 nitrogen and oxygen atoms in total. The van der Waals surface area contributed by atoms with Crippen LogP contribution in [0.4, 0.5) is 0 Å². The van der Waals surface area contributed by atoms with Gasteiger partial charge in [-0.25, -0.2) is 0 Å². The second-order valence-corrected chi connectivity index (χ2v) is 2.53. The summed E-state index contributed by atoms with van der Waals surface area (Å²) in [6.07, 6.45) is 3.05. The van der Waals surface area contributed by atoms with E-state index in [-0.39, 0.29) is 6.15 Å². The van der Waals surface area contributed by atoms with Crippen LogP contribution in [0.5, 0.6) is 0 Å². The normalized spacial score (nSPS) is 23.9. The number of nitrogens with one attached hydrogen (secondary N) is 1. The van der Waals surface area contributed by atoms with Gasteiger partial charge in [0.2, 0.25) is 0 Å². The van der Waals surface area contributed by atoms with Crippen LogP contribution >= 0.6 is 0 Å². The Hall–Kier alpha value is -0.660. The van der Waals surface area contributed by atoms with Gasteiger partial charge in [-0.15, -0.1) is 0 Å². The molecule has 0 bridgehead atoms. The summed E-state index contributed by atoms with van der Waals surface area (Å²) < 4.78 is 0. The molecule has 58 valence electrons. The summed E-state index contributed by atoms with van der Waals surface area (Å²) in [7, 11) is 0. The fourth-order valence-corrected chi connectivity index (χ4v) is 1.03. The molecule has 1 fully saturated rings. The van der Waals surface area contributed by atoms with E-state index in [4.69, 9.17) is 9.59 Å². The third-order valence-corrected chi connectivity index (χ3v) is 1.54. The molecule has 1 atom stereocenters. The minimum absolute atomic E-state index is 0.250. The van der Waals surface area contributed by atoms with E-state index in [1.165, 1.54) is 25.9 Å². The van der Waals surface area contributed by atoms with Gasteiger partial charge in [0.1, 0.15) is 0 Å². The fourth-order valence-electron chi connectivity index (χ4n) is 1.03. The van der Waals surface area contributed by atoms with Crippen molar-refractivity contribution in [3.05, 3.63) is 0 Å². The van der Waals surface area contributed by atoms with Crippen molar-refractivity contribution >= 4 is 6.15 Å². The van der Waals surface area contributed by atoms with E-state index < -0.39 is 0 Å². The van der Waals surface area contributed by atoms with Crippen molar-refractivity contribution in [3.8, 4) is 0 Å². The molecular formula is C7H13NO2. The predicted octanol–water partition coefficient (Wildman–Crippen LogP) is 0.422. The summed E-state index contributed by atoms with van der Waals surface area (Å²) in [5, 5.41) is 3.33. The SMILES string of the molecule is C[C@H]1CCCNC1.O=C=O. The van der Waals surface area contributed by atoms with E-state index in [9.17, 15) is 0 Å². The van der Waals surface area contributed by atoms with Crippen molar-refractivity contribution in [2.75, 3.05) is 13.1 Å². The quantitative estimate of drug-likeness (QED) is 0.534. The number of carbonyl (C=O) groups excluding carboxylic acids is 2. The van der Waals surface area contributed by atoms with Gasteiger partial charge in [-0.1, -0.05) is 6.92 Å². The predicted molar refractivity (Wildman–Crippen MR) is 36.3 cm³/mol. The first-order chi connectivity index (χ1) is 4.81. The number of hydrogen-bond acceptors (Lipinski definition) is 3. The molecule has 3 heteroatoms. The number of piperidine rings is 1. The zero-order chi connectivity index (χ0) is 7.82. The van der Waals surface area contributed by atoms with Crippen LogP contribution in [-0.4, -0.2) is 19.2 Å². The van der Waals surface area contributed by atoms with Crippen LogP contribution in [0.25, 0.3) is 0 Å². The summed E-state index contributed by atoms with van der Waals surface area (Å²) in [5.41, 5.74) is 0. The molecule has 0 unspecified atom stereocenters. The van der Waals surface area contributed by atoms with Crippen molar-refractivity contribution in [2.24, 2.45) is 5.92 Å². The van der Waals surface area contributed by atoms with Gasteiger partial charge in [0.25, 0.3) is 0 Å². The Bertz CT molecular complexity index is 102. The molecule has 0 aromatic heterocycles. The Kier molecular flexibility index (Phi) is 6.03. The van der Waals surface area contributed by atoms with Gasteiger partial charge in [-0.3, -0.25) is 0 Å². The standard InChI is InChI=1S/C6H13N.CO2/c1-6-3-2-4-7-5-6;2-1-3/h6-7H,2-5H2,1H3;/t6-;/m0./s1. The van der Waals surface area contributed by atoms with E-state index in [0.29, 0.717) is 0 Å². The maximum atomic E-state index is 8.12. The molecule has 0 aliphatic carbocycles. The zero-order valence-corrected chi connectivity index (χ0v) is 6.22. The molecule has 0 aromatic carbocycles. The topological polar surface area (TPSA) is 46.2 Å². The highest BCUT2D eigenvalue weighted by Crippen LogP contribution is 2.06. The first-order valence-corrected chi connectivity index (χ1v) is 3.51. The smallest absolute Gasteiger partial charge is 0.316 e. The van der Waals surface area contributed by atoms with E-state index in [2.05, 4.69) is 12.2 Å². The van der Waals surface area contributed by atoms with Crippen molar-refractivity contribution in [3.63, 3.8) is 0 Å². The van der Waals surface area contributed by atoms with Gasteiger partial charge >= 0.3 is 6.15 Å². The second kappa shape index (κ2) is 6.46. The molecule has 1 heterocycles. The minimum Gasteiger partial charge on any atom is -0.316 e. The first kappa shape index (κ1) is 9.34. The van der Waals surface area contributed by atoms with Crippen LogP contribution in [0.15, 0.2) is 0 Å². The molecule has 0 spiro atoms. The Balaban J connectivity index is 0.000000236. The van der Waals surface area contributed by atoms with Crippen LogP contribution in [-0.2, 0) is 9.59 Å². The highest BCUT2D eigenvalue weighted by atomic mass is 16.2. The van der Waals surface area contributed by atoms with Crippen molar-refractivity contribution in [1.29, 1.82) is 0 Å². The maximum absolute atomic E-state index is 8.12. The molecule has 1 aliphatic heterocycles. The lowest BCUT2D eigenvalue weighted by Crippen LogP contribution is -2.27. The van der Waals surface area contributed by atoms with Crippen molar-refractivity contribution < 1.29 is 9.59 Å². The lowest BCUT2D eigenvalue weighted by molar-refractivity contribution is -0.191. The molecule has 10 heavy (non-hydrogen) atoms. The largest absolute Gasteiger partial charge is 0.373 e. The Labute approximate surface area is 60.8 Å². The molecule has 1 aliphatic rings. The van der Waals surface area contributed by atoms with E-state index in [0.717, 1.165) is 5.92 Å².